The lowest BCUT2D eigenvalue weighted by Crippen LogP contribution is -2.46. The van der Waals surface area contributed by atoms with E-state index in [1.807, 2.05) is 6.07 Å². The molecule has 2 aliphatic heterocycles. The molecule has 0 spiro atoms. The Bertz CT molecular complexity index is 1610. The number of nitrogens with zero attached hydrogens (tertiary/aromatic N) is 3. The summed E-state index contributed by atoms with van der Waals surface area (Å²) in [5.74, 6) is -0.0503. The Labute approximate surface area is 232 Å². The number of carbonyl (C=O) groups excluding carboxylic acids is 2. The van der Waals surface area contributed by atoms with Crippen molar-refractivity contribution in [1.29, 1.82) is 0 Å². The van der Waals surface area contributed by atoms with E-state index in [-0.39, 0.29) is 34.8 Å². The van der Waals surface area contributed by atoms with Gasteiger partial charge in [0.15, 0.2) is 5.65 Å². The predicted octanol–water partition coefficient (Wildman–Crippen LogP) is 5.80. The van der Waals surface area contributed by atoms with E-state index < -0.39 is 25.3 Å². The SMILES string of the molecule is CCc1c2c(nc3ncc(O[Si](C)(C)C(C)(C)C)cc13)-c1cc3c(c(=O)n1C2)COC(=O)C3(CC)OC(=O)Cl. The number of halogens is 1. The molecule has 0 amide bonds. The van der Waals surface area contributed by atoms with Gasteiger partial charge in [-0.1, -0.05) is 34.6 Å². The maximum atomic E-state index is 13.7. The molecule has 39 heavy (non-hydrogen) atoms. The number of ether oxygens (including phenoxy) is 2. The Hall–Kier alpha value is -3.24. The highest BCUT2D eigenvalue weighted by Crippen LogP contribution is 2.43. The summed E-state index contributed by atoms with van der Waals surface area (Å²) >= 11 is 5.55. The highest BCUT2D eigenvalue weighted by atomic mass is 35.5. The Balaban J connectivity index is 1.70. The van der Waals surface area contributed by atoms with Gasteiger partial charge in [0.25, 0.3) is 13.9 Å². The van der Waals surface area contributed by atoms with Crippen molar-refractivity contribution in [2.45, 2.75) is 84.3 Å². The fourth-order valence-electron chi connectivity index (χ4n) is 5.22. The number of fused-ring (bicyclic) bond motifs is 5. The summed E-state index contributed by atoms with van der Waals surface area (Å²) in [7, 11) is -2.08. The van der Waals surface area contributed by atoms with Crippen LogP contribution in [-0.2, 0) is 39.4 Å². The molecule has 3 aromatic rings. The van der Waals surface area contributed by atoms with Gasteiger partial charge < -0.3 is 18.5 Å². The lowest BCUT2D eigenvalue weighted by atomic mass is 9.85. The molecule has 9 nitrogen and oxygen atoms in total. The molecule has 0 aliphatic carbocycles. The predicted molar refractivity (Wildman–Crippen MR) is 150 cm³/mol. The molecule has 206 valence electrons. The average Bonchev–Trinajstić information content (AvgIpc) is 3.22. The number of aryl methyl sites for hydroxylation is 1. The Morgan fingerprint density at radius 2 is 1.92 bits per heavy atom. The number of rotatable bonds is 5. The molecular formula is C28H32ClN3O6Si. The van der Waals surface area contributed by atoms with E-state index in [2.05, 4.69) is 45.8 Å². The van der Waals surface area contributed by atoms with Crippen molar-refractivity contribution in [3.8, 4) is 17.1 Å². The second-order valence-electron chi connectivity index (χ2n) is 11.6. The van der Waals surface area contributed by atoms with Crippen molar-refractivity contribution >= 4 is 42.3 Å². The molecule has 0 saturated heterocycles. The first kappa shape index (κ1) is 27.3. The molecule has 3 aromatic heterocycles. The molecule has 0 N–H and O–H groups in total. The summed E-state index contributed by atoms with van der Waals surface area (Å²) in [6.45, 7) is 14.8. The Morgan fingerprint density at radius 1 is 1.21 bits per heavy atom. The third-order valence-electron chi connectivity index (χ3n) is 8.39. The highest BCUT2D eigenvalue weighted by molar-refractivity contribution is 6.74. The lowest BCUT2D eigenvalue weighted by Gasteiger charge is -2.36. The summed E-state index contributed by atoms with van der Waals surface area (Å²) in [6, 6.07) is 3.71. The largest absolute Gasteiger partial charge is 0.542 e. The zero-order valence-electron chi connectivity index (χ0n) is 23.2. The molecule has 11 heteroatoms. The normalized spacial score (nSPS) is 18.3. The van der Waals surface area contributed by atoms with Crippen LogP contribution in [0.25, 0.3) is 22.4 Å². The maximum Gasteiger partial charge on any atom is 0.405 e. The van der Waals surface area contributed by atoms with E-state index in [9.17, 15) is 14.4 Å². The van der Waals surface area contributed by atoms with Gasteiger partial charge >= 0.3 is 11.4 Å². The lowest BCUT2D eigenvalue weighted by molar-refractivity contribution is -0.171. The zero-order valence-corrected chi connectivity index (χ0v) is 25.0. The van der Waals surface area contributed by atoms with Crippen LogP contribution < -0.4 is 9.99 Å². The highest BCUT2D eigenvalue weighted by Gasteiger charge is 2.50. The number of hydrogen-bond acceptors (Lipinski definition) is 8. The summed E-state index contributed by atoms with van der Waals surface area (Å²) in [4.78, 5) is 47.9. The van der Waals surface area contributed by atoms with E-state index in [1.54, 1.807) is 23.8 Å². The van der Waals surface area contributed by atoms with Gasteiger partial charge in [0.05, 0.1) is 29.7 Å². The third-order valence-corrected chi connectivity index (χ3v) is 12.8. The van der Waals surface area contributed by atoms with Crippen LogP contribution >= 0.6 is 11.6 Å². The van der Waals surface area contributed by atoms with Gasteiger partial charge in [-0.05, 0) is 48.7 Å². The van der Waals surface area contributed by atoms with Crippen LogP contribution in [0.1, 0.15) is 63.3 Å². The molecule has 1 atom stereocenters. The maximum absolute atomic E-state index is 13.7. The van der Waals surface area contributed by atoms with Gasteiger partial charge in [0.1, 0.15) is 12.4 Å². The summed E-state index contributed by atoms with van der Waals surface area (Å²) < 4.78 is 18.8. The van der Waals surface area contributed by atoms with E-state index in [4.69, 9.17) is 30.5 Å². The molecule has 2 aliphatic rings. The number of esters is 1. The van der Waals surface area contributed by atoms with Crippen LogP contribution in [0, 0.1) is 0 Å². The fourth-order valence-corrected chi connectivity index (χ4v) is 6.36. The number of cyclic esters (lactones) is 1. The average molecular weight is 570 g/mol. The number of carbonyl (C=O) groups is 2. The molecule has 0 bridgehead atoms. The first-order valence-electron chi connectivity index (χ1n) is 13.1. The molecule has 0 aromatic carbocycles. The third kappa shape index (κ3) is 4.15. The minimum atomic E-state index is -2.08. The molecule has 0 saturated carbocycles. The van der Waals surface area contributed by atoms with Crippen LogP contribution in [0.3, 0.4) is 0 Å². The number of hydrogen-bond donors (Lipinski definition) is 0. The summed E-state index contributed by atoms with van der Waals surface area (Å²) in [5, 5.41) is 0.917. The topological polar surface area (TPSA) is 110 Å². The van der Waals surface area contributed by atoms with Crippen LogP contribution in [0.4, 0.5) is 4.79 Å². The van der Waals surface area contributed by atoms with Crippen molar-refractivity contribution in [3.63, 3.8) is 0 Å². The van der Waals surface area contributed by atoms with Gasteiger partial charge in [-0.15, -0.1) is 0 Å². The summed E-state index contributed by atoms with van der Waals surface area (Å²) in [6.07, 6.45) is 2.45. The second-order valence-corrected chi connectivity index (χ2v) is 16.6. The number of pyridine rings is 3. The minimum absolute atomic E-state index is 0.0320. The molecule has 5 heterocycles. The molecule has 0 radical (unpaired) electrons. The fraction of sp³-hybridized carbons (Fsp3) is 0.464. The Kier molecular flexibility index (Phi) is 6.42. The van der Waals surface area contributed by atoms with E-state index in [1.165, 1.54) is 0 Å². The van der Waals surface area contributed by atoms with Crippen LogP contribution in [-0.4, -0.2) is 34.3 Å². The second kappa shape index (κ2) is 9.16. The van der Waals surface area contributed by atoms with Gasteiger partial charge in [-0.2, -0.15) is 0 Å². The summed E-state index contributed by atoms with van der Waals surface area (Å²) in [5.41, 5.74) is 0.908. The first-order chi connectivity index (χ1) is 18.2. The number of aromatic nitrogens is 3. The standard InChI is InChI=1S/C28H32ClN3O6Si/c1-8-16-17-10-15(38-39(6,7)27(3,4)5)12-30-23(17)31-22-18(16)13-32-21(22)11-20-19(24(32)33)14-36-25(34)28(20,9-2)37-26(29)35/h10-12H,8-9,13-14H2,1-7H3. The molecule has 1 unspecified atom stereocenters. The van der Waals surface area contributed by atoms with Gasteiger partial charge in [0, 0.05) is 28.1 Å². The first-order valence-corrected chi connectivity index (χ1v) is 16.4. The van der Waals surface area contributed by atoms with Crippen LogP contribution in [0.2, 0.25) is 18.1 Å². The zero-order chi connectivity index (χ0) is 28.5. The van der Waals surface area contributed by atoms with E-state index >= 15 is 0 Å². The van der Waals surface area contributed by atoms with Gasteiger partial charge in [-0.3, -0.25) is 4.79 Å². The van der Waals surface area contributed by atoms with E-state index in [0.29, 0.717) is 35.8 Å². The van der Waals surface area contributed by atoms with Gasteiger partial charge in [-0.25, -0.2) is 19.6 Å². The molecular weight excluding hydrogens is 538 g/mol. The van der Waals surface area contributed by atoms with E-state index in [0.717, 1.165) is 16.5 Å². The minimum Gasteiger partial charge on any atom is -0.542 e. The van der Waals surface area contributed by atoms with Crippen LogP contribution in [0.5, 0.6) is 5.75 Å². The Morgan fingerprint density at radius 3 is 2.54 bits per heavy atom. The van der Waals surface area contributed by atoms with Gasteiger partial charge in [0.2, 0.25) is 5.60 Å². The monoisotopic (exact) mass is 569 g/mol. The van der Waals surface area contributed by atoms with Crippen LogP contribution in [0.15, 0.2) is 23.1 Å². The molecule has 0 fully saturated rings. The van der Waals surface area contributed by atoms with Crippen molar-refractivity contribution in [3.05, 3.63) is 50.9 Å². The van der Waals surface area contributed by atoms with Crippen molar-refractivity contribution in [2.75, 3.05) is 0 Å². The van der Waals surface area contributed by atoms with Crippen molar-refractivity contribution in [1.82, 2.24) is 14.5 Å². The van der Waals surface area contributed by atoms with Crippen molar-refractivity contribution in [2.24, 2.45) is 0 Å². The van der Waals surface area contributed by atoms with Crippen molar-refractivity contribution < 1.29 is 23.5 Å². The quantitative estimate of drug-likeness (QED) is 0.168. The molecule has 5 rings (SSSR count). The smallest absolute Gasteiger partial charge is 0.405 e.